The van der Waals surface area contributed by atoms with Gasteiger partial charge in [-0.1, -0.05) is 20.8 Å². The fourth-order valence-corrected chi connectivity index (χ4v) is 2.88. The number of hydrogen-bond acceptors (Lipinski definition) is 4. The molecule has 0 atom stereocenters. The fraction of sp³-hybridized carbons (Fsp3) is 0.706. The molecule has 1 saturated heterocycles. The van der Waals surface area contributed by atoms with Gasteiger partial charge in [-0.2, -0.15) is 5.10 Å². The third-order valence-corrected chi connectivity index (χ3v) is 4.07. The van der Waals surface area contributed by atoms with Crippen LogP contribution >= 0.6 is 0 Å². The van der Waals surface area contributed by atoms with Gasteiger partial charge in [0.15, 0.2) is 0 Å². The minimum atomic E-state index is -0.0643. The van der Waals surface area contributed by atoms with Crippen LogP contribution in [0.15, 0.2) is 17.1 Å². The minimum Gasteiger partial charge on any atom is -0.370 e. The van der Waals surface area contributed by atoms with Crippen LogP contribution in [0.25, 0.3) is 0 Å². The summed E-state index contributed by atoms with van der Waals surface area (Å²) in [5, 5.41) is 7.30. The summed E-state index contributed by atoms with van der Waals surface area (Å²) in [7, 11) is 0. The van der Waals surface area contributed by atoms with E-state index >= 15 is 0 Å². The van der Waals surface area contributed by atoms with Crippen LogP contribution in [0.5, 0.6) is 0 Å². The minimum absolute atomic E-state index is 0.0136. The highest BCUT2D eigenvalue weighted by Crippen LogP contribution is 2.20. The molecule has 1 N–H and O–H groups in total. The highest BCUT2D eigenvalue weighted by molar-refractivity contribution is 5.76. The van der Waals surface area contributed by atoms with Gasteiger partial charge < -0.3 is 10.2 Å². The first kappa shape index (κ1) is 17.5. The molecule has 0 saturated carbocycles. The quantitative estimate of drug-likeness (QED) is 0.918. The van der Waals surface area contributed by atoms with Crippen LogP contribution < -0.4 is 15.8 Å². The van der Waals surface area contributed by atoms with Crippen LogP contribution in [-0.2, 0) is 11.3 Å². The molecule has 6 nitrogen and oxygen atoms in total. The second kappa shape index (κ2) is 7.15. The summed E-state index contributed by atoms with van der Waals surface area (Å²) in [6.45, 7) is 10.4. The summed E-state index contributed by atoms with van der Waals surface area (Å²) in [4.78, 5) is 26.1. The Labute approximate surface area is 137 Å². The van der Waals surface area contributed by atoms with E-state index in [1.807, 2.05) is 6.92 Å². The zero-order valence-corrected chi connectivity index (χ0v) is 14.6. The van der Waals surface area contributed by atoms with Crippen LogP contribution in [0.4, 0.5) is 5.69 Å². The molecule has 0 aromatic carbocycles. The average Bonchev–Trinajstić information content (AvgIpc) is 2.46. The Bertz CT molecular complexity index is 595. The van der Waals surface area contributed by atoms with E-state index in [1.165, 1.54) is 4.68 Å². The fourth-order valence-electron chi connectivity index (χ4n) is 2.88. The second-order valence-corrected chi connectivity index (χ2v) is 7.43. The molecule has 23 heavy (non-hydrogen) atoms. The molecule has 0 unspecified atom stereocenters. The van der Waals surface area contributed by atoms with E-state index in [0.29, 0.717) is 13.0 Å². The largest absolute Gasteiger partial charge is 0.370 e. The topological polar surface area (TPSA) is 67.2 Å². The van der Waals surface area contributed by atoms with Crippen LogP contribution in [0.2, 0.25) is 0 Å². The number of amides is 1. The lowest BCUT2D eigenvalue weighted by atomic mass is 9.91. The summed E-state index contributed by atoms with van der Waals surface area (Å²) >= 11 is 0. The Morgan fingerprint density at radius 2 is 2.00 bits per heavy atom. The van der Waals surface area contributed by atoms with E-state index in [-0.39, 0.29) is 22.9 Å². The van der Waals surface area contributed by atoms with Gasteiger partial charge in [0.2, 0.25) is 5.91 Å². The lowest BCUT2D eigenvalue weighted by Gasteiger charge is -2.34. The maximum absolute atomic E-state index is 12.0. The number of piperidine rings is 1. The third-order valence-electron chi connectivity index (χ3n) is 4.07. The number of aryl methyl sites for hydroxylation is 1. The van der Waals surface area contributed by atoms with Gasteiger partial charge in [-0.25, -0.2) is 4.68 Å². The van der Waals surface area contributed by atoms with Gasteiger partial charge in [0.1, 0.15) is 0 Å². The van der Waals surface area contributed by atoms with Crippen molar-refractivity contribution in [2.75, 3.05) is 18.0 Å². The number of hydrogen-bond donors (Lipinski definition) is 1. The molecule has 1 amide bonds. The maximum Gasteiger partial charge on any atom is 0.268 e. The molecule has 1 aliphatic rings. The molecule has 1 aromatic heterocycles. The van der Waals surface area contributed by atoms with E-state index in [1.54, 1.807) is 12.3 Å². The van der Waals surface area contributed by atoms with Crippen LogP contribution in [0, 0.1) is 5.41 Å². The monoisotopic (exact) mass is 320 g/mol. The summed E-state index contributed by atoms with van der Waals surface area (Å²) in [6, 6.07) is 1.87. The van der Waals surface area contributed by atoms with E-state index in [9.17, 15) is 9.59 Å². The van der Waals surface area contributed by atoms with Crippen molar-refractivity contribution in [2.24, 2.45) is 5.41 Å². The van der Waals surface area contributed by atoms with Gasteiger partial charge in [-0.05, 0) is 25.2 Å². The number of carbonyl (C=O) groups excluding carboxylic acids is 1. The van der Waals surface area contributed by atoms with Crippen molar-refractivity contribution in [3.8, 4) is 0 Å². The summed E-state index contributed by atoms with van der Waals surface area (Å²) in [6.07, 6.45) is 4.09. The van der Waals surface area contributed by atoms with Gasteiger partial charge in [0, 0.05) is 38.2 Å². The van der Waals surface area contributed by atoms with Crippen molar-refractivity contribution in [2.45, 2.75) is 59.5 Å². The maximum atomic E-state index is 12.0. The normalized spacial score (nSPS) is 16.4. The molecule has 1 fully saturated rings. The molecule has 0 spiro atoms. The number of aromatic nitrogens is 2. The summed E-state index contributed by atoms with van der Waals surface area (Å²) in [5.41, 5.74) is 0.824. The smallest absolute Gasteiger partial charge is 0.268 e. The second-order valence-electron chi connectivity index (χ2n) is 7.43. The first-order chi connectivity index (χ1) is 10.8. The third kappa shape index (κ3) is 5.08. The Balaban J connectivity index is 1.87. The van der Waals surface area contributed by atoms with Gasteiger partial charge in [-0.3, -0.25) is 9.59 Å². The predicted octanol–water partition coefficient (Wildman–Crippen LogP) is 1.78. The van der Waals surface area contributed by atoms with E-state index in [2.05, 4.69) is 36.1 Å². The highest BCUT2D eigenvalue weighted by atomic mass is 16.1. The molecule has 0 aliphatic carbocycles. The van der Waals surface area contributed by atoms with Crippen molar-refractivity contribution in [3.63, 3.8) is 0 Å². The average molecular weight is 320 g/mol. The van der Waals surface area contributed by atoms with Crippen molar-refractivity contribution < 1.29 is 4.79 Å². The number of rotatable bonds is 4. The molecular formula is C17H28N4O2. The van der Waals surface area contributed by atoms with Crippen molar-refractivity contribution in [3.05, 3.63) is 22.6 Å². The highest BCUT2D eigenvalue weighted by Gasteiger charge is 2.23. The number of carbonyl (C=O) groups is 1. The summed E-state index contributed by atoms with van der Waals surface area (Å²) < 4.78 is 1.45. The number of anilines is 1. The number of nitrogens with zero attached hydrogens (tertiary/aromatic N) is 3. The van der Waals surface area contributed by atoms with Crippen LogP contribution in [-0.4, -0.2) is 34.8 Å². The predicted molar refractivity (Wildman–Crippen MR) is 91.6 cm³/mol. The Hall–Kier alpha value is -1.85. The Morgan fingerprint density at radius 3 is 2.52 bits per heavy atom. The Morgan fingerprint density at radius 1 is 1.35 bits per heavy atom. The van der Waals surface area contributed by atoms with Crippen LogP contribution in [0.3, 0.4) is 0 Å². The van der Waals surface area contributed by atoms with Crippen molar-refractivity contribution in [1.82, 2.24) is 15.1 Å². The number of nitrogens with one attached hydrogen (secondary N) is 1. The molecule has 2 heterocycles. The van der Waals surface area contributed by atoms with E-state index in [4.69, 9.17) is 0 Å². The summed E-state index contributed by atoms with van der Waals surface area (Å²) in [5.74, 6) is 0.128. The van der Waals surface area contributed by atoms with Gasteiger partial charge in [-0.15, -0.1) is 0 Å². The van der Waals surface area contributed by atoms with E-state index < -0.39 is 0 Å². The zero-order chi connectivity index (χ0) is 17.0. The lowest BCUT2D eigenvalue weighted by molar-refractivity contribution is -0.123. The van der Waals surface area contributed by atoms with E-state index in [0.717, 1.165) is 31.6 Å². The molecular weight excluding hydrogens is 292 g/mol. The van der Waals surface area contributed by atoms with Crippen molar-refractivity contribution in [1.29, 1.82) is 0 Å². The molecule has 2 rings (SSSR count). The molecule has 1 aliphatic heterocycles. The molecule has 6 heteroatoms. The molecule has 1 aromatic rings. The molecule has 0 radical (unpaired) electrons. The SMILES string of the molecule is CCn1ncc(N2CCC(NC(=O)CC(C)(C)C)CC2)cc1=O. The standard InChI is InChI=1S/C17H28N4O2/c1-5-21-16(23)10-14(12-18-21)20-8-6-13(7-9-20)19-15(22)11-17(2,3)4/h10,12-13H,5-9,11H2,1-4H3,(H,19,22). The molecule has 0 bridgehead atoms. The van der Waals surface area contributed by atoms with Gasteiger partial charge >= 0.3 is 0 Å². The first-order valence-corrected chi connectivity index (χ1v) is 8.40. The lowest BCUT2D eigenvalue weighted by Crippen LogP contribution is -2.45. The van der Waals surface area contributed by atoms with Crippen molar-refractivity contribution >= 4 is 11.6 Å². The Kier molecular flexibility index (Phi) is 5.44. The van der Waals surface area contributed by atoms with Gasteiger partial charge in [0.25, 0.3) is 5.56 Å². The van der Waals surface area contributed by atoms with Gasteiger partial charge in [0.05, 0.1) is 11.9 Å². The molecule has 128 valence electrons. The zero-order valence-electron chi connectivity index (χ0n) is 14.6. The first-order valence-electron chi connectivity index (χ1n) is 8.40. The van der Waals surface area contributed by atoms with Crippen LogP contribution in [0.1, 0.15) is 47.0 Å².